The average molecular weight is 197 g/mol. The highest BCUT2D eigenvalue weighted by molar-refractivity contribution is 5.88. The number of aryl methyl sites for hydroxylation is 2. The van der Waals surface area contributed by atoms with Crippen molar-refractivity contribution in [2.75, 3.05) is 0 Å². The van der Waals surface area contributed by atoms with Gasteiger partial charge in [0.1, 0.15) is 0 Å². The van der Waals surface area contributed by atoms with Gasteiger partial charge in [-0.2, -0.15) is 0 Å². The Kier molecular flexibility index (Phi) is 1.91. The third kappa shape index (κ3) is 1.23. The fourth-order valence-electron chi connectivity index (χ4n) is 2.56. The van der Waals surface area contributed by atoms with Crippen LogP contribution in [0.3, 0.4) is 0 Å². The lowest BCUT2D eigenvalue weighted by Gasteiger charge is -1.99. The molecule has 1 aromatic carbocycles. The van der Waals surface area contributed by atoms with Crippen LogP contribution in [0.2, 0.25) is 0 Å². The van der Waals surface area contributed by atoms with Crippen molar-refractivity contribution in [3.63, 3.8) is 0 Å². The van der Waals surface area contributed by atoms with Crippen LogP contribution >= 0.6 is 0 Å². The van der Waals surface area contributed by atoms with Gasteiger partial charge in [0.05, 0.1) is 0 Å². The van der Waals surface area contributed by atoms with Crippen LogP contribution in [0.25, 0.3) is 17.0 Å². The molecule has 0 spiro atoms. The molecular weight excluding hydrogens is 182 g/mol. The van der Waals surface area contributed by atoms with Crippen LogP contribution in [-0.4, -0.2) is 4.57 Å². The van der Waals surface area contributed by atoms with E-state index in [9.17, 15) is 0 Å². The smallest absolute Gasteiger partial charge is 0.0485 e. The average Bonchev–Trinajstić information content (AvgIpc) is 2.48. The first-order chi connectivity index (χ1) is 7.38. The topological polar surface area (TPSA) is 4.93 Å². The minimum Gasteiger partial charge on any atom is -0.344 e. The van der Waals surface area contributed by atoms with Crippen molar-refractivity contribution < 1.29 is 0 Å². The van der Waals surface area contributed by atoms with Crippen LogP contribution in [-0.2, 0) is 13.5 Å². The van der Waals surface area contributed by atoms with E-state index in [1.807, 2.05) is 0 Å². The lowest BCUT2D eigenvalue weighted by atomic mass is 10.1. The van der Waals surface area contributed by atoms with Gasteiger partial charge in [0.2, 0.25) is 0 Å². The molecule has 1 heterocycles. The van der Waals surface area contributed by atoms with Crippen LogP contribution < -0.4 is 0 Å². The molecule has 0 bridgehead atoms. The van der Waals surface area contributed by atoms with E-state index in [0.717, 1.165) is 0 Å². The molecule has 15 heavy (non-hydrogen) atoms. The SMILES string of the molecule is Cn1c2c(c3ccccc31)CCCC=C2. The summed E-state index contributed by atoms with van der Waals surface area (Å²) in [5.41, 5.74) is 4.28. The molecule has 1 nitrogen and oxygen atoms in total. The Morgan fingerprint density at radius 3 is 3.00 bits per heavy atom. The minimum atomic E-state index is 1.21. The van der Waals surface area contributed by atoms with Crippen molar-refractivity contribution in [1.82, 2.24) is 4.57 Å². The van der Waals surface area contributed by atoms with Crippen LogP contribution in [0.4, 0.5) is 0 Å². The molecule has 1 aliphatic rings. The summed E-state index contributed by atoms with van der Waals surface area (Å²) < 4.78 is 2.31. The zero-order valence-corrected chi connectivity index (χ0v) is 9.03. The van der Waals surface area contributed by atoms with Gasteiger partial charge in [0.15, 0.2) is 0 Å². The maximum Gasteiger partial charge on any atom is 0.0485 e. The Hall–Kier alpha value is -1.50. The predicted molar refractivity (Wildman–Crippen MR) is 64.9 cm³/mol. The second-order valence-electron chi connectivity index (χ2n) is 4.23. The van der Waals surface area contributed by atoms with E-state index >= 15 is 0 Å². The Bertz CT molecular complexity index is 532. The highest BCUT2D eigenvalue weighted by Crippen LogP contribution is 2.29. The highest BCUT2D eigenvalue weighted by Gasteiger charge is 2.13. The van der Waals surface area contributed by atoms with Crippen molar-refractivity contribution in [2.45, 2.75) is 19.3 Å². The third-order valence-electron chi connectivity index (χ3n) is 3.33. The Labute approximate surface area is 90.0 Å². The largest absolute Gasteiger partial charge is 0.344 e. The van der Waals surface area contributed by atoms with Crippen molar-refractivity contribution in [3.8, 4) is 0 Å². The zero-order valence-electron chi connectivity index (χ0n) is 9.03. The normalized spacial score (nSPS) is 15.3. The molecule has 1 aliphatic carbocycles. The first-order valence-electron chi connectivity index (χ1n) is 5.61. The lowest BCUT2D eigenvalue weighted by molar-refractivity contribution is 0.850. The van der Waals surface area contributed by atoms with Crippen LogP contribution in [0.1, 0.15) is 24.1 Å². The molecule has 1 aromatic heterocycles. The number of nitrogens with zero attached hydrogens (tertiary/aromatic N) is 1. The number of para-hydroxylation sites is 1. The molecule has 0 fully saturated rings. The monoisotopic (exact) mass is 197 g/mol. The van der Waals surface area contributed by atoms with Gasteiger partial charge in [0.25, 0.3) is 0 Å². The Morgan fingerprint density at radius 2 is 2.07 bits per heavy atom. The number of allylic oxidation sites excluding steroid dienone is 1. The van der Waals surface area contributed by atoms with Crippen LogP contribution in [0.15, 0.2) is 30.3 Å². The van der Waals surface area contributed by atoms with Gasteiger partial charge in [-0.25, -0.2) is 0 Å². The van der Waals surface area contributed by atoms with Crippen LogP contribution in [0, 0.1) is 0 Å². The van der Waals surface area contributed by atoms with Gasteiger partial charge < -0.3 is 4.57 Å². The van der Waals surface area contributed by atoms with E-state index in [1.54, 1.807) is 0 Å². The van der Waals surface area contributed by atoms with Gasteiger partial charge in [-0.15, -0.1) is 0 Å². The van der Waals surface area contributed by atoms with Crippen LogP contribution in [0.5, 0.6) is 0 Å². The summed E-state index contributed by atoms with van der Waals surface area (Å²) in [5, 5.41) is 1.43. The summed E-state index contributed by atoms with van der Waals surface area (Å²) >= 11 is 0. The second-order valence-corrected chi connectivity index (χ2v) is 4.23. The summed E-state index contributed by atoms with van der Waals surface area (Å²) in [7, 11) is 2.16. The third-order valence-corrected chi connectivity index (χ3v) is 3.33. The Morgan fingerprint density at radius 1 is 1.20 bits per heavy atom. The summed E-state index contributed by atoms with van der Waals surface area (Å²) in [5.74, 6) is 0. The molecule has 2 aromatic rings. The number of hydrogen-bond donors (Lipinski definition) is 0. The number of rotatable bonds is 0. The van der Waals surface area contributed by atoms with Crippen molar-refractivity contribution in [2.24, 2.45) is 7.05 Å². The van der Waals surface area contributed by atoms with Crippen molar-refractivity contribution in [3.05, 3.63) is 41.6 Å². The highest BCUT2D eigenvalue weighted by atomic mass is 14.9. The maximum atomic E-state index is 2.31. The molecule has 0 N–H and O–H groups in total. The summed E-state index contributed by atoms with van der Waals surface area (Å²) in [6, 6.07) is 8.70. The molecule has 0 saturated carbocycles. The standard InChI is InChI=1S/C14H15N/c1-15-13-9-4-2-3-7-11(13)12-8-5-6-10-14(12)15/h4-6,8-10H,2-3,7H2,1H3. The van der Waals surface area contributed by atoms with E-state index in [2.05, 4.69) is 48.0 Å². The van der Waals surface area contributed by atoms with Crippen molar-refractivity contribution in [1.29, 1.82) is 0 Å². The summed E-state index contributed by atoms with van der Waals surface area (Å²) in [6.45, 7) is 0. The molecular formula is C14H15N. The van der Waals surface area contributed by atoms with E-state index in [-0.39, 0.29) is 0 Å². The second kappa shape index (κ2) is 3.27. The first kappa shape index (κ1) is 8.78. The maximum absolute atomic E-state index is 2.31. The Balaban J connectivity index is 2.40. The molecule has 0 aliphatic heterocycles. The fraction of sp³-hybridized carbons (Fsp3) is 0.286. The first-order valence-corrected chi connectivity index (χ1v) is 5.61. The molecule has 3 rings (SSSR count). The predicted octanol–water partition coefficient (Wildman–Crippen LogP) is 3.53. The van der Waals surface area contributed by atoms with Crippen molar-refractivity contribution >= 4 is 17.0 Å². The molecule has 0 unspecified atom stereocenters. The molecule has 0 saturated heterocycles. The molecule has 0 radical (unpaired) electrons. The van der Waals surface area contributed by atoms with E-state index in [4.69, 9.17) is 0 Å². The van der Waals surface area contributed by atoms with E-state index in [0.29, 0.717) is 0 Å². The molecule has 76 valence electrons. The van der Waals surface area contributed by atoms with E-state index < -0.39 is 0 Å². The number of benzene rings is 1. The molecule has 0 atom stereocenters. The van der Waals surface area contributed by atoms with Gasteiger partial charge in [-0.1, -0.05) is 24.3 Å². The van der Waals surface area contributed by atoms with E-state index in [1.165, 1.54) is 41.4 Å². The van der Waals surface area contributed by atoms with Gasteiger partial charge in [0, 0.05) is 23.6 Å². The molecule has 0 amide bonds. The number of hydrogen-bond acceptors (Lipinski definition) is 0. The number of fused-ring (bicyclic) bond motifs is 3. The van der Waals surface area contributed by atoms with Gasteiger partial charge >= 0.3 is 0 Å². The summed E-state index contributed by atoms with van der Waals surface area (Å²) in [4.78, 5) is 0. The fourth-order valence-corrected chi connectivity index (χ4v) is 2.56. The number of aromatic nitrogens is 1. The quantitative estimate of drug-likeness (QED) is 0.609. The molecule has 1 heteroatoms. The van der Waals surface area contributed by atoms with Gasteiger partial charge in [-0.05, 0) is 37.0 Å². The minimum absolute atomic E-state index is 1.21. The van der Waals surface area contributed by atoms with Gasteiger partial charge in [-0.3, -0.25) is 0 Å². The zero-order chi connectivity index (χ0) is 10.3. The summed E-state index contributed by atoms with van der Waals surface area (Å²) in [6.07, 6.45) is 8.28. The lowest BCUT2D eigenvalue weighted by Crippen LogP contribution is -1.91.